The van der Waals surface area contributed by atoms with E-state index in [0.29, 0.717) is 23.0 Å². The summed E-state index contributed by atoms with van der Waals surface area (Å²) in [5.74, 6) is -0.111. The molecular weight excluding hydrogens is 354 g/mol. The van der Waals surface area contributed by atoms with Crippen LogP contribution in [0.1, 0.15) is 43.0 Å². The van der Waals surface area contributed by atoms with Crippen LogP contribution in [-0.4, -0.2) is 30.7 Å². The summed E-state index contributed by atoms with van der Waals surface area (Å²) in [4.78, 5) is 24.4. The second kappa shape index (κ2) is 9.90. The number of hydrogen-bond acceptors (Lipinski definition) is 3. The van der Waals surface area contributed by atoms with E-state index >= 15 is 0 Å². The maximum Gasteiger partial charge on any atom is 0.323 e. The van der Waals surface area contributed by atoms with Crippen LogP contribution < -0.4 is 16.0 Å². The van der Waals surface area contributed by atoms with E-state index in [1.54, 1.807) is 24.3 Å². The minimum atomic E-state index is -0.328. The van der Waals surface area contributed by atoms with Crippen LogP contribution in [0.4, 0.5) is 16.2 Å². The second-order valence-corrected chi connectivity index (χ2v) is 7.11. The number of hydrogen-bond donors (Lipinski definition) is 3. The first-order chi connectivity index (χ1) is 13.6. The van der Waals surface area contributed by atoms with Crippen LogP contribution in [0.25, 0.3) is 0 Å². The third kappa shape index (κ3) is 6.09. The van der Waals surface area contributed by atoms with Crippen LogP contribution in [0, 0.1) is 0 Å². The molecule has 1 saturated heterocycles. The van der Waals surface area contributed by atoms with Gasteiger partial charge in [-0.15, -0.1) is 0 Å². The van der Waals surface area contributed by atoms with Crippen LogP contribution in [0.3, 0.4) is 0 Å². The molecule has 0 saturated carbocycles. The first-order valence-electron chi connectivity index (χ1n) is 9.76. The lowest BCUT2D eigenvalue weighted by Crippen LogP contribution is -2.33. The molecule has 3 amide bonds. The number of benzene rings is 2. The first kappa shape index (κ1) is 19.9. The fourth-order valence-corrected chi connectivity index (χ4v) is 3.21. The molecule has 3 rings (SSSR count). The molecule has 0 unspecified atom stereocenters. The highest BCUT2D eigenvalue weighted by Gasteiger charge is 2.17. The summed E-state index contributed by atoms with van der Waals surface area (Å²) < 4.78 is 5.62. The molecule has 2 atom stereocenters. The van der Waals surface area contributed by atoms with E-state index in [1.807, 2.05) is 37.3 Å². The molecule has 6 heteroatoms. The van der Waals surface area contributed by atoms with Crippen LogP contribution in [0.15, 0.2) is 54.6 Å². The SMILES string of the molecule is C[C@@H](CC[C@@H]1CCCO1)NC(=O)c1ccc(NC(=O)Nc2ccccc2)cc1. The van der Waals surface area contributed by atoms with Gasteiger partial charge in [0.05, 0.1) is 6.10 Å². The fraction of sp³-hybridized carbons (Fsp3) is 0.364. The number of rotatable bonds is 7. The number of para-hydroxylation sites is 1. The van der Waals surface area contributed by atoms with Crippen LogP contribution >= 0.6 is 0 Å². The van der Waals surface area contributed by atoms with E-state index in [1.165, 1.54) is 0 Å². The zero-order valence-electron chi connectivity index (χ0n) is 16.1. The summed E-state index contributed by atoms with van der Waals surface area (Å²) in [6.45, 7) is 2.87. The molecule has 0 aromatic heterocycles. The summed E-state index contributed by atoms with van der Waals surface area (Å²) in [5, 5.41) is 8.52. The van der Waals surface area contributed by atoms with Gasteiger partial charge < -0.3 is 20.7 Å². The monoisotopic (exact) mass is 381 g/mol. The average molecular weight is 381 g/mol. The molecule has 2 aromatic rings. The molecule has 6 nitrogen and oxygen atoms in total. The van der Waals surface area contributed by atoms with E-state index in [0.717, 1.165) is 32.3 Å². The number of urea groups is 1. The summed E-state index contributed by atoms with van der Waals surface area (Å²) in [7, 11) is 0. The van der Waals surface area contributed by atoms with Gasteiger partial charge in [0.25, 0.3) is 5.91 Å². The molecule has 148 valence electrons. The van der Waals surface area contributed by atoms with E-state index in [2.05, 4.69) is 16.0 Å². The van der Waals surface area contributed by atoms with Gasteiger partial charge in [0.1, 0.15) is 0 Å². The molecule has 1 aliphatic heterocycles. The zero-order valence-corrected chi connectivity index (χ0v) is 16.1. The maximum absolute atomic E-state index is 12.4. The maximum atomic E-state index is 12.4. The van der Waals surface area contributed by atoms with Gasteiger partial charge in [-0.3, -0.25) is 4.79 Å². The van der Waals surface area contributed by atoms with Crippen molar-refractivity contribution in [3.63, 3.8) is 0 Å². The third-order valence-electron chi connectivity index (χ3n) is 4.76. The molecule has 3 N–H and O–H groups in total. The number of carbonyl (C=O) groups is 2. The van der Waals surface area contributed by atoms with Gasteiger partial charge in [0, 0.05) is 29.6 Å². The van der Waals surface area contributed by atoms with Crippen molar-refractivity contribution in [1.29, 1.82) is 0 Å². The molecular formula is C22H27N3O3. The lowest BCUT2D eigenvalue weighted by atomic mass is 10.1. The highest BCUT2D eigenvalue weighted by molar-refractivity contribution is 6.00. The van der Waals surface area contributed by atoms with Crippen LogP contribution in [0.5, 0.6) is 0 Å². The smallest absolute Gasteiger partial charge is 0.323 e. The standard InChI is InChI=1S/C22H27N3O3/c1-16(9-14-20-8-5-15-28-20)23-21(26)17-10-12-19(13-11-17)25-22(27)24-18-6-3-2-4-7-18/h2-4,6-7,10-13,16,20H,5,8-9,14-15H2,1H3,(H,23,26)(H2,24,25,27)/t16-,20-/m0/s1. The zero-order chi connectivity index (χ0) is 19.8. The Bertz CT molecular complexity index is 771. The number of anilines is 2. The molecule has 0 bridgehead atoms. The topological polar surface area (TPSA) is 79.5 Å². The highest BCUT2D eigenvalue weighted by atomic mass is 16.5. The molecule has 1 fully saturated rings. The molecule has 0 spiro atoms. The Kier molecular flexibility index (Phi) is 7.03. The Morgan fingerprint density at radius 1 is 1.04 bits per heavy atom. The van der Waals surface area contributed by atoms with Crippen molar-refractivity contribution < 1.29 is 14.3 Å². The highest BCUT2D eigenvalue weighted by Crippen LogP contribution is 2.18. The molecule has 28 heavy (non-hydrogen) atoms. The number of amides is 3. The minimum Gasteiger partial charge on any atom is -0.378 e. The van der Waals surface area contributed by atoms with Gasteiger partial charge in [0.15, 0.2) is 0 Å². The first-order valence-corrected chi connectivity index (χ1v) is 9.76. The lowest BCUT2D eigenvalue weighted by Gasteiger charge is -2.16. The van der Waals surface area contributed by atoms with Crippen molar-refractivity contribution >= 4 is 23.3 Å². The third-order valence-corrected chi connectivity index (χ3v) is 4.76. The summed E-state index contributed by atoms with van der Waals surface area (Å²) in [5.41, 5.74) is 1.90. The van der Waals surface area contributed by atoms with Gasteiger partial charge in [0.2, 0.25) is 0 Å². The lowest BCUT2D eigenvalue weighted by molar-refractivity contribution is 0.0899. The van der Waals surface area contributed by atoms with Gasteiger partial charge in [-0.05, 0) is 69.0 Å². The largest absolute Gasteiger partial charge is 0.378 e. The van der Waals surface area contributed by atoms with E-state index < -0.39 is 0 Å². The average Bonchev–Trinajstić information content (AvgIpc) is 3.21. The van der Waals surface area contributed by atoms with Crippen molar-refractivity contribution in [3.8, 4) is 0 Å². The van der Waals surface area contributed by atoms with Crippen molar-refractivity contribution in [3.05, 3.63) is 60.2 Å². The van der Waals surface area contributed by atoms with E-state index in [4.69, 9.17) is 4.74 Å². The Balaban J connectivity index is 1.44. The van der Waals surface area contributed by atoms with Gasteiger partial charge in [-0.1, -0.05) is 18.2 Å². The fourth-order valence-electron chi connectivity index (χ4n) is 3.21. The Morgan fingerprint density at radius 2 is 1.71 bits per heavy atom. The molecule has 1 heterocycles. The second-order valence-electron chi connectivity index (χ2n) is 7.11. The Labute approximate surface area is 165 Å². The molecule has 1 aliphatic rings. The van der Waals surface area contributed by atoms with Gasteiger partial charge in [-0.25, -0.2) is 4.79 Å². The summed E-state index contributed by atoms with van der Waals surface area (Å²) >= 11 is 0. The predicted octanol–water partition coefficient (Wildman–Crippen LogP) is 4.41. The van der Waals surface area contributed by atoms with Crippen LogP contribution in [0.2, 0.25) is 0 Å². The van der Waals surface area contributed by atoms with E-state index in [-0.39, 0.29) is 18.0 Å². The summed E-state index contributed by atoms with van der Waals surface area (Å²) in [6, 6.07) is 15.8. The number of nitrogens with one attached hydrogen (secondary N) is 3. The number of carbonyl (C=O) groups excluding carboxylic acids is 2. The van der Waals surface area contributed by atoms with Crippen molar-refractivity contribution in [2.24, 2.45) is 0 Å². The van der Waals surface area contributed by atoms with Crippen LogP contribution in [-0.2, 0) is 4.74 Å². The quantitative estimate of drug-likeness (QED) is 0.665. The molecule has 0 aliphatic carbocycles. The normalized spacial score (nSPS) is 17.0. The Morgan fingerprint density at radius 3 is 2.36 bits per heavy atom. The summed E-state index contributed by atoms with van der Waals surface area (Å²) in [6.07, 6.45) is 4.46. The minimum absolute atomic E-state index is 0.0890. The number of ether oxygens (including phenoxy) is 1. The van der Waals surface area contributed by atoms with Gasteiger partial charge in [-0.2, -0.15) is 0 Å². The van der Waals surface area contributed by atoms with E-state index in [9.17, 15) is 9.59 Å². The molecule has 0 radical (unpaired) electrons. The molecule has 2 aromatic carbocycles. The predicted molar refractivity (Wildman–Crippen MR) is 111 cm³/mol. The van der Waals surface area contributed by atoms with Gasteiger partial charge >= 0.3 is 6.03 Å². The van der Waals surface area contributed by atoms with Crippen molar-refractivity contribution in [2.75, 3.05) is 17.2 Å². The Hall–Kier alpha value is -2.86. The van der Waals surface area contributed by atoms with Crippen molar-refractivity contribution in [1.82, 2.24) is 5.32 Å². The van der Waals surface area contributed by atoms with Crippen molar-refractivity contribution in [2.45, 2.75) is 44.8 Å².